The number of nitrogens with one attached hydrogen (secondary N) is 1. The Morgan fingerprint density at radius 1 is 0.359 bits per heavy atom. The first-order valence-electron chi connectivity index (χ1n) is 34.9. The molecule has 0 aromatic rings. The van der Waals surface area contributed by atoms with E-state index in [2.05, 4.69) is 67.8 Å². The summed E-state index contributed by atoms with van der Waals surface area (Å²) in [4.78, 5) is 24.5. The van der Waals surface area contributed by atoms with Crippen molar-refractivity contribution in [2.45, 2.75) is 386 Å². The average molecular weight is 1090 g/mol. The molecule has 0 spiro atoms. The molecule has 0 aliphatic carbocycles. The largest absolute Gasteiger partial charge is 0.466 e. The summed E-state index contributed by atoms with van der Waals surface area (Å²) in [5.41, 5.74) is 0. The Labute approximate surface area is 486 Å². The number of hydrogen-bond acceptors (Lipinski definition) is 5. The number of allylic oxidation sites excluding steroid dienone is 8. The van der Waals surface area contributed by atoms with Gasteiger partial charge >= 0.3 is 5.97 Å². The lowest BCUT2D eigenvalue weighted by Crippen LogP contribution is -2.45. The van der Waals surface area contributed by atoms with Gasteiger partial charge in [0, 0.05) is 12.8 Å². The molecule has 458 valence electrons. The maximum atomic E-state index is 12.4. The van der Waals surface area contributed by atoms with E-state index in [-0.39, 0.29) is 18.5 Å². The molecular weight excluding hydrogens is 959 g/mol. The standard InChI is InChI=1S/C72H135NO5/c1-3-5-7-9-11-13-14-15-39-43-46-50-54-58-62-66-72(77)78-67-63-59-55-51-47-44-41-38-36-34-32-30-28-26-24-22-20-18-16-17-19-21-23-25-27-29-31-33-35-37-40-42-45-49-53-57-61-65-71(76)73-69(68-74)70(75)64-60-56-52-48-12-10-8-6-4-2/h11,13,15-16,18,22,24,39,69-70,74-75H,3-10,12,14,17,19-21,23,25-38,40-68H2,1-2H3,(H,73,76)/b13-11-,18-16-,24-22-,39-15-. The molecule has 0 aromatic heterocycles. The Balaban J connectivity index is 3.34. The van der Waals surface area contributed by atoms with Gasteiger partial charge in [0.25, 0.3) is 0 Å². The smallest absolute Gasteiger partial charge is 0.305 e. The van der Waals surface area contributed by atoms with Gasteiger partial charge in [0.05, 0.1) is 25.4 Å². The predicted molar refractivity (Wildman–Crippen MR) is 342 cm³/mol. The van der Waals surface area contributed by atoms with Crippen molar-refractivity contribution in [3.8, 4) is 0 Å². The van der Waals surface area contributed by atoms with E-state index < -0.39 is 12.1 Å². The number of rotatable bonds is 65. The van der Waals surface area contributed by atoms with E-state index in [4.69, 9.17) is 4.74 Å². The fraction of sp³-hybridized carbons (Fsp3) is 0.861. The molecule has 0 aromatic carbocycles. The number of esters is 1. The Kier molecular flexibility index (Phi) is 65.4. The van der Waals surface area contributed by atoms with Gasteiger partial charge in [-0.15, -0.1) is 0 Å². The van der Waals surface area contributed by atoms with Crippen LogP contribution in [0.4, 0.5) is 0 Å². The zero-order chi connectivity index (χ0) is 56.4. The van der Waals surface area contributed by atoms with Crippen molar-refractivity contribution in [3.63, 3.8) is 0 Å². The van der Waals surface area contributed by atoms with Crippen LogP contribution in [-0.4, -0.2) is 47.4 Å². The molecule has 0 radical (unpaired) electrons. The number of aliphatic hydroxyl groups excluding tert-OH is 2. The molecule has 3 N–H and O–H groups in total. The molecule has 6 heteroatoms. The van der Waals surface area contributed by atoms with Gasteiger partial charge in [-0.05, 0) is 89.9 Å². The van der Waals surface area contributed by atoms with Crippen LogP contribution in [0, 0.1) is 0 Å². The van der Waals surface area contributed by atoms with Gasteiger partial charge in [0.1, 0.15) is 0 Å². The van der Waals surface area contributed by atoms with Crippen molar-refractivity contribution < 1.29 is 24.5 Å². The first-order valence-corrected chi connectivity index (χ1v) is 34.9. The van der Waals surface area contributed by atoms with Gasteiger partial charge in [-0.3, -0.25) is 9.59 Å². The number of unbranched alkanes of at least 4 members (excludes halogenated alkanes) is 46. The molecule has 0 bridgehead atoms. The predicted octanol–water partition coefficient (Wildman–Crippen LogP) is 22.5. The molecule has 6 nitrogen and oxygen atoms in total. The van der Waals surface area contributed by atoms with Gasteiger partial charge in [0.15, 0.2) is 0 Å². The van der Waals surface area contributed by atoms with E-state index in [9.17, 15) is 19.8 Å². The summed E-state index contributed by atoms with van der Waals surface area (Å²) < 4.78 is 5.48. The Morgan fingerprint density at radius 3 is 1.00 bits per heavy atom. The fourth-order valence-corrected chi connectivity index (χ4v) is 10.8. The molecule has 0 aliphatic heterocycles. The maximum absolute atomic E-state index is 12.4. The highest BCUT2D eigenvalue weighted by Crippen LogP contribution is 2.18. The SMILES string of the molecule is CCCCC/C=C\C/C=C\CCCCCCCC(=O)OCCCCCCCCCCCCCCC/C=C\C/C=C\CCCCCCCCCCCCCCCCCCCC(=O)NC(CO)C(O)CCCCCCCCCCC. The van der Waals surface area contributed by atoms with Crippen molar-refractivity contribution in [2.75, 3.05) is 13.2 Å². The molecule has 1 amide bonds. The van der Waals surface area contributed by atoms with Crippen LogP contribution in [0.25, 0.3) is 0 Å². The minimum Gasteiger partial charge on any atom is -0.466 e. The van der Waals surface area contributed by atoms with Crippen LogP contribution in [0.3, 0.4) is 0 Å². The van der Waals surface area contributed by atoms with Crippen molar-refractivity contribution in [2.24, 2.45) is 0 Å². The van der Waals surface area contributed by atoms with Crippen molar-refractivity contribution >= 4 is 11.9 Å². The molecule has 2 unspecified atom stereocenters. The molecule has 78 heavy (non-hydrogen) atoms. The number of amides is 1. The third-order valence-corrected chi connectivity index (χ3v) is 16.1. The maximum Gasteiger partial charge on any atom is 0.305 e. The molecular formula is C72H135NO5. The van der Waals surface area contributed by atoms with E-state index >= 15 is 0 Å². The number of hydrogen-bond donors (Lipinski definition) is 3. The first kappa shape index (κ1) is 75.8. The van der Waals surface area contributed by atoms with Crippen molar-refractivity contribution in [1.29, 1.82) is 0 Å². The first-order chi connectivity index (χ1) is 38.5. The lowest BCUT2D eigenvalue weighted by Gasteiger charge is -2.22. The third kappa shape index (κ3) is 63.0. The van der Waals surface area contributed by atoms with Crippen LogP contribution in [0.2, 0.25) is 0 Å². The lowest BCUT2D eigenvalue weighted by molar-refractivity contribution is -0.143. The van der Waals surface area contributed by atoms with Crippen LogP contribution in [0.5, 0.6) is 0 Å². The molecule has 0 heterocycles. The summed E-state index contributed by atoms with van der Waals surface area (Å²) in [7, 11) is 0. The minimum atomic E-state index is -0.660. The Morgan fingerprint density at radius 2 is 0.641 bits per heavy atom. The summed E-state index contributed by atoms with van der Waals surface area (Å²) in [6, 6.07) is -0.537. The van der Waals surface area contributed by atoms with Gasteiger partial charge in [-0.1, -0.05) is 319 Å². The number of carbonyl (C=O) groups excluding carboxylic acids is 2. The third-order valence-electron chi connectivity index (χ3n) is 16.1. The Hall–Kier alpha value is -2.18. The number of carbonyl (C=O) groups is 2. The van der Waals surface area contributed by atoms with E-state index in [1.807, 2.05) is 0 Å². The topological polar surface area (TPSA) is 95.9 Å². The van der Waals surface area contributed by atoms with E-state index in [0.717, 1.165) is 57.8 Å². The second-order valence-electron chi connectivity index (χ2n) is 23.9. The van der Waals surface area contributed by atoms with E-state index in [0.29, 0.717) is 25.9 Å². The van der Waals surface area contributed by atoms with Crippen LogP contribution in [0.15, 0.2) is 48.6 Å². The second-order valence-corrected chi connectivity index (χ2v) is 23.9. The minimum absolute atomic E-state index is 0.00459. The van der Waals surface area contributed by atoms with E-state index in [1.165, 1.54) is 283 Å². The molecule has 0 rings (SSSR count). The Bertz CT molecular complexity index is 1310. The second kappa shape index (κ2) is 67.3. The highest BCUT2D eigenvalue weighted by Gasteiger charge is 2.20. The van der Waals surface area contributed by atoms with Crippen LogP contribution in [-0.2, 0) is 14.3 Å². The van der Waals surface area contributed by atoms with Crippen molar-refractivity contribution in [3.05, 3.63) is 48.6 Å². The van der Waals surface area contributed by atoms with Gasteiger partial charge in [-0.2, -0.15) is 0 Å². The molecule has 0 fully saturated rings. The average Bonchev–Trinajstić information content (AvgIpc) is 3.44. The lowest BCUT2D eigenvalue weighted by atomic mass is 10.0. The quantitative estimate of drug-likeness (QED) is 0.0320. The highest BCUT2D eigenvalue weighted by molar-refractivity contribution is 5.76. The zero-order valence-electron chi connectivity index (χ0n) is 52.4. The highest BCUT2D eigenvalue weighted by atomic mass is 16.5. The summed E-state index contributed by atoms with van der Waals surface area (Å²) in [6.45, 7) is 4.92. The fourth-order valence-electron chi connectivity index (χ4n) is 10.8. The summed E-state index contributed by atoms with van der Waals surface area (Å²) in [6.07, 6.45) is 87.5. The molecule has 0 saturated heterocycles. The van der Waals surface area contributed by atoms with Gasteiger partial charge in [0.2, 0.25) is 5.91 Å². The monoisotopic (exact) mass is 1090 g/mol. The van der Waals surface area contributed by atoms with Crippen LogP contribution < -0.4 is 5.32 Å². The molecule has 0 saturated carbocycles. The molecule has 0 aliphatic rings. The van der Waals surface area contributed by atoms with Crippen LogP contribution >= 0.6 is 0 Å². The van der Waals surface area contributed by atoms with Crippen LogP contribution in [0.1, 0.15) is 373 Å². The van der Waals surface area contributed by atoms with E-state index in [1.54, 1.807) is 0 Å². The number of aliphatic hydroxyl groups is 2. The number of ether oxygens (including phenoxy) is 1. The summed E-state index contributed by atoms with van der Waals surface area (Å²) in [5.74, 6) is -0.0291. The molecule has 2 atom stereocenters. The normalized spacial score (nSPS) is 12.8. The summed E-state index contributed by atoms with van der Waals surface area (Å²) >= 11 is 0. The van der Waals surface area contributed by atoms with Crippen molar-refractivity contribution in [1.82, 2.24) is 5.32 Å². The van der Waals surface area contributed by atoms with Gasteiger partial charge in [-0.25, -0.2) is 0 Å². The summed E-state index contributed by atoms with van der Waals surface area (Å²) in [5, 5.41) is 23.1. The van der Waals surface area contributed by atoms with Gasteiger partial charge < -0.3 is 20.3 Å². The zero-order valence-corrected chi connectivity index (χ0v) is 52.4.